The maximum atomic E-state index is 12.1. The maximum Gasteiger partial charge on any atom is 0.330 e. The molecule has 0 aromatic heterocycles. The lowest BCUT2D eigenvalue weighted by Crippen LogP contribution is -2.22. The standard InChI is InChI=1S/C16H13NO5/c18-13-7-6-11(8-14(13)19)12(9-15(20)21)17-16(22)10-4-2-1-3-5-10/h1-9,18-19H,(H,17,22)(H,20,21)/b12-9-. The van der Waals surface area contributed by atoms with Gasteiger partial charge in [0.25, 0.3) is 5.91 Å². The van der Waals surface area contributed by atoms with Gasteiger partial charge in [-0.05, 0) is 30.3 Å². The van der Waals surface area contributed by atoms with Crippen molar-refractivity contribution < 1.29 is 24.9 Å². The third-order valence-corrected chi connectivity index (χ3v) is 2.84. The lowest BCUT2D eigenvalue weighted by Gasteiger charge is -2.10. The second-order valence-electron chi connectivity index (χ2n) is 4.42. The normalized spacial score (nSPS) is 11.0. The van der Waals surface area contributed by atoms with Crippen LogP contribution < -0.4 is 5.32 Å². The Morgan fingerprint density at radius 1 is 0.909 bits per heavy atom. The molecule has 6 nitrogen and oxygen atoms in total. The third-order valence-electron chi connectivity index (χ3n) is 2.84. The van der Waals surface area contributed by atoms with E-state index in [1.54, 1.807) is 30.3 Å². The fraction of sp³-hybridized carbons (Fsp3) is 0. The van der Waals surface area contributed by atoms with Crippen molar-refractivity contribution in [1.82, 2.24) is 5.32 Å². The number of hydrogen-bond donors (Lipinski definition) is 4. The number of hydrogen-bond acceptors (Lipinski definition) is 4. The molecule has 0 fully saturated rings. The summed E-state index contributed by atoms with van der Waals surface area (Å²) in [5, 5.41) is 30.2. The van der Waals surface area contributed by atoms with Gasteiger partial charge in [0.2, 0.25) is 0 Å². The summed E-state index contributed by atoms with van der Waals surface area (Å²) in [5.74, 6) is -2.49. The molecular weight excluding hydrogens is 286 g/mol. The zero-order chi connectivity index (χ0) is 16.1. The Kier molecular flexibility index (Phi) is 4.43. The highest BCUT2D eigenvalue weighted by Gasteiger charge is 2.12. The number of carboxylic acids is 1. The van der Waals surface area contributed by atoms with Gasteiger partial charge < -0.3 is 20.6 Å². The second kappa shape index (κ2) is 6.45. The number of carboxylic acid groups (broad SMARTS) is 1. The SMILES string of the molecule is O=C(O)/C=C(\NC(=O)c1ccccc1)c1ccc(O)c(O)c1. The van der Waals surface area contributed by atoms with E-state index in [0.29, 0.717) is 5.56 Å². The highest BCUT2D eigenvalue weighted by molar-refractivity contribution is 6.02. The van der Waals surface area contributed by atoms with Crippen LogP contribution in [0.4, 0.5) is 0 Å². The summed E-state index contributed by atoms with van der Waals surface area (Å²) < 4.78 is 0. The van der Waals surface area contributed by atoms with E-state index in [9.17, 15) is 19.8 Å². The Balaban J connectivity index is 2.33. The van der Waals surface area contributed by atoms with Gasteiger partial charge in [-0.2, -0.15) is 0 Å². The molecule has 22 heavy (non-hydrogen) atoms. The molecule has 0 saturated heterocycles. The molecule has 2 rings (SSSR count). The van der Waals surface area contributed by atoms with E-state index in [0.717, 1.165) is 12.1 Å². The number of amides is 1. The van der Waals surface area contributed by atoms with E-state index in [-0.39, 0.29) is 17.0 Å². The topological polar surface area (TPSA) is 107 Å². The molecule has 0 spiro atoms. The molecular formula is C16H13NO5. The number of phenolic OH excluding ortho intramolecular Hbond substituents is 2. The molecule has 0 aliphatic heterocycles. The van der Waals surface area contributed by atoms with Crippen molar-refractivity contribution in [2.75, 3.05) is 0 Å². The van der Waals surface area contributed by atoms with Crippen molar-refractivity contribution in [1.29, 1.82) is 0 Å². The molecule has 0 radical (unpaired) electrons. The van der Waals surface area contributed by atoms with E-state index in [4.69, 9.17) is 5.11 Å². The first-order chi connectivity index (χ1) is 10.5. The summed E-state index contributed by atoms with van der Waals surface area (Å²) in [7, 11) is 0. The number of aromatic hydroxyl groups is 2. The van der Waals surface area contributed by atoms with Crippen LogP contribution in [-0.4, -0.2) is 27.2 Å². The molecule has 0 heterocycles. The van der Waals surface area contributed by atoms with E-state index < -0.39 is 17.6 Å². The van der Waals surface area contributed by atoms with Crippen molar-refractivity contribution in [2.45, 2.75) is 0 Å². The molecule has 112 valence electrons. The average molecular weight is 299 g/mol. The highest BCUT2D eigenvalue weighted by Crippen LogP contribution is 2.27. The summed E-state index contributed by atoms with van der Waals surface area (Å²) in [5.41, 5.74) is 0.612. The predicted molar refractivity (Wildman–Crippen MR) is 79.3 cm³/mol. The molecule has 1 amide bonds. The first-order valence-electron chi connectivity index (χ1n) is 6.31. The molecule has 4 N–H and O–H groups in total. The van der Waals surface area contributed by atoms with E-state index in [2.05, 4.69) is 5.32 Å². The smallest absolute Gasteiger partial charge is 0.330 e. The number of rotatable bonds is 4. The predicted octanol–water partition coefficient (Wildman–Crippen LogP) is 1.95. The van der Waals surface area contributed by atoms with Crippen molar-refractivity contribution in [3.63, 3.8) is 0 Å². The third kappa shape index (κ3) is 3.63. The Bertz CT molecular complexity index is 737. The van der Waals surface area contributed by atoms with E-state index in [1.165, 1.54) is 12.1 Å². The largest absolute Gasteiger partial charge is 0.504 e. The van der Waals surface area contributed by atoms with Gasteiger partial charge in [-0.25, -0.2) is 4.79 Å². The fourth-order valence-electron chi connectivity index (χ4n) is 1.79. The first kappa shape index (κ1) is 15.1. The average Bonchev–Trinajstić information content (AvgIpc) is 2.49. The number of carbonyl (C=O) groups is 2. The lowest BCUT2D eigenvalue weighted by atomic mass is 10.1. The molecule has 0 atom stereocenters. The van der Waals surface area contributed by atoms with Gasteiger partial charge in [-0.3, -0.25) is 4.79 Å². The van der Waals surface area contributed by atoms with Crippen molar-refractivity contribution in [3.05, 3.63) is 65.7 Å². The van der Waals surface area contributed by atoms with Gasteiger partial charge in [0.15, 0.2) is 11.5 Å². The Morgan fingerprint density at radius 3 is 2.18 bits per heavy atom. The molecule has 6 heteroatoms. The van der Waals surface area contributed by atoms with Crippen LogP contribution in [0.5, 0.6) is 11.5 Å². The van der Waals surface area contributed by atoms with Gasteiger partial charge >= 0.3 is 5.97 Å². The fourth-order valence-corrected chi connectivity index (χ4v) is 1.79. The number of aliphatic carboxylic acids is 1. The number of nitrogens with one attached hydrogen (secondary N) is 1. The van der Waals surface area contributed by atoms with Crippen molar-refractivity contribution in [2.24, 2.45) is 0 Å². The summed E-state index contributed by atoms with van der Waals surface area (Å²) in [6.07, 6.45) is 0.812. The van der Waals surface area contributed by atoms with Gasteiger partial charge in [0.1, 0.15) is 0 Å². The zero-order valence-corrected chi connectivity index (χ0v) is 11.4. The molecule has 2 aromatic carbocycles. The number of benzene rings is 2. The van der Waals surface area contributed by atoms with Gasteiger partial charge in [-0.15, -0.1) is 0 Å². The second-order valence-corrected chi connectivity index (χ2v) is 4.42. The summed E-state index contributed by atoms with van der Waals surface area (Å²) in [6, 6.07) is 12.0. The van der Waals surface area contributed by atoms with Crippen LogP contribution in [0.15, 0.2) is 54.6 Å². The molecule has 0 aliphatic rings. The van der Waals surface area contributed by atoms with Crippen molar-refractivity contribution in [3.8, 4) is 11.5 Å². The van der Waals surface area contributed by atoms with Gasteiger partial charge in [0.05, 0.1) is 5.70 Å². The van der Waals surface area contributed by atoms with Crippen LogP contribution in [0.3, 0.4) is 0 Å². The number of carbonyl (C=O) groups excluding carboxylic acids is 1. The van der Waals surface area contributed by atoms with Crippen LogP contribution >= 0.6 is 0 Å². The van der Waals surface area contributed by atoms with Crippen LogP contribution in [-0.2, 0) is 4.79 Å². The first-order valence-corrected chi connectivity index (χ1v) is 6.31. The molecule has 0 unspecified atom stereocenters. The van der Waals surface area contributed by atoms with E-state index in [1.807, 2.05) is 0 Å². The summed E-state index contributed by atoms with van der Waals surface area (Å²) in [6.45, 7) is 0. The maximum absolute atomic E-state index is 12.1. The Hall–Kier alpha value is -3.28. The zero-order valence-electron chi connectivity index (χ0n) is 11.4. The monoisotopic (exact) mass is 299 g/mol. The van der Waals surface area contributed by atoms with E-state index >= 15 is 0 Å². The minimum Gasteiger partial charge on any atom is -0.504 e. The molecule has 0 saturated carbocycles. The lowest BCUT2D eigenvalue weighted by molar-refractivity contribution is -0.131. The molecule has 0 aliphatic carbocycles. The van der Waals surface area contributed by atoms with Crippen LogP contribution in [0, 0.1) is 0 Å². The Morgan fingerprint density at radius 2 is 1.59 bits per heavy atom. The number of phenols is 2. The van der Waals surface area contributed by atoms with Crippen molar-refractivity contribution >= 4 is 17.6 Å². The van der Waals surface area contributed by atoms with Gasteiger partial charge in [-0.1, -0.05) is 18.2 Å². The highest BCUT2D eigenvalue weighted by atomic mass is 16.4. The van der Waals surface area contributed by atoms with Gasteiger partial charge in [0, 0.05) is 17.2 Å². The molecule has 2 aromatic rings. The summed E-state index contributed by atoms with van der Waals surface area (Å²) >= 11 is 0. The van der Waals surface area contributed by atoms with Crippen LogP contribution in [0.2, 0.25) is 0 Å². The quantitative estimate of drug-likeness (QED) is 0.510. The summed E-state index contributed by atoms with van der Waals surface area (Å²) in [4.78, 5) is 23.0. The van der Waals surface area contributed by atoms with Crippen LogP contribution in [0.25, 0.3) is 5.70 Å². The molecule has 0 bridgehead atoms. The minimum absolute atomic E-state index is 0.00310. The van der Waals surface area contributed by atoms with Crippen LogP contribution in [0.1, 0.15) is 15.9 Å². The minimum atomic E-state index is -1.25. The Labute approximate surface area is 126 Å².